The number of benzene rings is 2. The summed E-state index contributed by atoms with van der Waals surface area (Å²) in [6.07, 6.45) is 1.38. The van der Waals surface area contributed by atoms with Crippen LogP contribution in [0, 0.1) is 12.0 Å². The Balaban J connectivity index is 1.99. The number of carbonyl (C=O) groups excluding carboxylic acids is 2. The first kappa shape index (κ1) is 16.3. The standard InChI is InChI=1S/C21H22O3/c1-3-23-21(22)20-15(2)24-19(17-12-8-5-9-13-17)14-18(20)16-10-6-4-7-11-16/h4-13,18,20H,3,14H2,1-2H3. The minimum absolute atomic E-state index is 0.0224. The molecule has 2 aromatic carbocycles. The molecule has 1 aliphatic heterocycles. The molecule has 3 rings (SSSR count). The molecule has 1 heterocycles. The molecule has 3 nitrogen and oxygen atoms in total. The molecule has 3 heteroatoms. The minimum Gasteiger partial charge on any atom is -0.466 e. The van der Waals surface area contributed by atoms with E-state index in [1.807, 2.05) is 62.4 Å². The van der Waals surface area contributed by atoms with Crippen molar-refractivity contribution in [3.63, 3.8) is 0 Å². The molecule has 24 heavy (non-hydrogen) atoms. The average Bonchev–Trinajstić information content (AvgIpc) is 2.62. The molecular weight excluding hydrogens is 300 g/mol. The van der Waals surface area contributed by atoms with Crippen molar-refractivity contribution in [1.29, 1.82) is 0 Å². The lowest BCUT2D eigenvalue weighted by Crippen LogP contribution is -2.34. The second-order valence-electron chi connectivity index (χ2n) is 5.95. The molecule has 0 aromatic heterocycles. The van der Waals surface area contributed by atoms with E-state index in [1.165, 1.54) is 0 Å². The molecule has 0 spiro atoms. The van der Waals surface area contributed by atoms with Gasteiger partial charge in [-0.05, 0) is 37.3 Å². The van der Waals surface area contributed by atoms with Crippen molar-refractivity contribution in [3.05, 3.63) is 77.9 Å². The third-order valence-corrected chi connectivity index (χ3v) is 4.39. The van der Waals surface area contributed by atoms with Gasteiger partial charge in [-0.25, -0.2) is 0 Å². The number of ketones is 1. The number of esters is 1. The summed E-state index contributed by atoms with van der Waals surface area (Å²) in [5, 5.41) is 0. The van der Waals surface area contributed by atoms with E-state index in [2.05, 4.69) is 12.1 Å². The predicted octanol–water partition coefficient (Wildman–Crippen LogP) is 4.32. The highest BCUT2D eigenvalue weighted by atomic mass is 16.5. The van der Waals surface area contributed by atoms with E-state index in [9.17, 15) is 4.79 Å². The zero-order valence-electron chi connectivity index (χ0n) is 14.1. The van der Waals surface area contributed by atoms with Gasteiger partial charge in [-0.3, -0.25) is 4.79 Å². The van der Waals surface area contributed by atoms with Crippen LogP contribution in [0.3, 0.4) is 0 Å². The summed E-state index contributed by atoms with van der Waals surface area (Å²) >= 11 is 0. The molecule has 0 N–H and O–H groups in total. The van der Waals surface area contributed by atoms with Gasteiger partial charge in [0.2, 0.25) is 0 Å². The van der Waals surface area contributed by atoms with Gasteiger partial charge in [0, 0.05) is 0 Å². The fraction of sp³-hybridized carbons (Fsp3) is 0.286. The van der Waals surface area contributed by atoms with Crippen LogP contribution in [0.2, 0.25) is 0 Å². The van der Waals surface area contributed by atoms with E-state index in [0.29, 0.717) is 19.1 Å². The van der Waals surface area contributed by atoms with Gasteiger partial charge < -0.3 is 9.16 Å². The van der Waals surface area contributed by atoms with Crippen LogP contribution >= 0.6 is 0 Å². The maximum atomic E-state index is 12.5. The molecule has 0 radical (unpaired) electrons. The number of ether oxygens (including phenoxy) is 1. The Bertz CT molecular complexity index is 706. The molecule has 0 saturated heterocycles. The molecule has 0 aliphatic carbocycles. The van der Waals surface area contributed by atoms with Gasteiger partial charge in [-0.1, -0.05) is 60.7 Å². The molecule has 124 valence electrons. The van der Waals surface area contributed by atoms with Gasteiger partial charge in [0.25, 0.3) is 0 Å². The Morgan fingerprint density at radius 2 is 1.75 bits per heavy atom. The Hall–Kier alpha value is -2.55. The van der Waals surface area contributed by atoms with Crippen LogP contribution in [0.4, 0.5) is 0 Å². The molecule has 0 saturated carbocycles. The molecular formula is C21H22O3. The first-order valence-corrected chi connectivity index (χ1v) is 8.34. The Kier molecular flexibility index (Phi) is 4.99. The van der Waals surface area contributed by atoms with Crippen LogP contribution in [-0.4, -0.2) is 18.4 Å². The third kappa shape index (κ3) is 3.35. The third-order valence-electron chi connectivity index (χ3n) is 4.39. The summed E-state index contributed by atoms with van der Waals surface area (Å²) in [6.45, 7) is 4.08. The van der Waals surface area contributed by atoms with Crippen LogP contribution in [0.15, 0.2) is 60.7 Å². The van der Waals surface area contributed by atoms with Crippen LogP contribution in [0.25, 0.3) is 0 Å². The quantitative estimate of drug-likeness (QED) is 0.477. The molecule has 1 aliphatic rings. The summed E-state index contributed by atoms with van der Waals surface area (Å²) in [5.74, 6) is 0.340. The van der Waals surface area contributed by atoms with Gasteiger partial charge in [-0.15, -0.1) is 0 Å². The highest BCUT2D eigenvalue weighted by molar-refractivity contribution is 5.98. The van der Waals surface area contributed by atoms with Crippen molar-refractivity contribution in [2.45, 2.75) is 26.2 Å². The summed E-state index contributed by atoms with van der Waals surface area (Å²) in [6, 6.07) is 20.2. The lowest BCUT2D eigenvalue weighted by molar-refractivity contribution is -0.279. The molecule has 0 fully saturated rings. The summed E-state index contributed by atoms with van der Waals surface area (Å²) in [7, 11) is 0. The fourth-order valence-electron chi connectivity index (χ4n) is 3.27. The SMILES string of the molecule is CCOC(=O)C1[C-](C)[O+]=C(c2ccccc2)CC1c1ccccc1. The maximum absolute atomic E-state index is 12.5. The van der Waals surface area contributed by atoms with Crippen molar-refractivity contribution in [2.75, 3.05) is 6.61 Å². The van der Waals surface area contributed by atoms with E-state index in [4.69, 9.17) is 9.16 Å². The fourth-order valence-corrected chi connectivity index (χ4v) is 3.27. The second-order valence-corrected chi connectivity index (χ2v) is 5.95. The number of rotatable bonds is 4. The van der Waals surface area contributed by atoms with Crippen LogP contribution in [-0.2, 0) is 9.53 Å². The molecule has 0 amide bonds. The highest BCUT2D eigenvalue weighted by Gasteiger charge is 2.41. The lowest BCUT2D eigenvalue weighted by Gasteiger charge is -2.32. The summed E-state index contributed by atoms with van der Waals surface area (Å²) < 4.78 is 11.3. The molecule has 0 bridgehead atoms. The smallest absolute Gasteiger partial charge is 0.304 e. The minimum atomic E-state index is -0.375. The number of carbonyl (C=O) groups is 1. The Labute approximate surface area is 143 Å². The van der Waals surface area contributed by atoms with Gasteiger partial charge in [0.15, 0.2) is 11.9 Å². The summed E-state index contributed by atoms with van der Waals surface area (Å²) in [4.78, 5) is 12.5. The van der Waals surface area contributed by atoms with Crippen molar-refractivity contribution in [2.24, 2.45) is 5.92 Å². The van der Waals surface area contributed by atoms with Gasteiger partial charge in [0.1, 0.15) is 5.92 Å². The van der Waals surface area contributed by atoms with E-state index in [0.717, 1.165) is 16.9 Å². The van der Waals surface area contributed by atoms with Crippen LogP contribution in [0.5, 0.6) is 0 Å². The monoisotopic (exact) mass is 322 g/mol. The van der Waals surface area contributed by atoms with E-state index in [1.54, 1.807) is 0 Å². The second kappa shape index (κ2) is 7.35. The Morgan fingerprint density at radius 3 is 2.38 bits per heavy atom. The van der Waals surface area contributed by atoms with Crippen molar-refractivity contribution in [1.82, 2.24) is 0 Å². The van der Waals surface area contributed by atoms with Gasteiger partial charge >= 0.3 is 5.97 Å². The first-order valence-electron chi connectivity index (χ1n) is 8.34. The van der Waals surface area contributed by atoms with E-state index >= 15 is 0 Å². The highest BCUT2D eigenvalue weighted by Crippen LogP contribution is 2.40. The van der Waals surface area contributed by atoms with Crippen LogP contribution < -0.4 is 0 Å². The molecule has 2 atom stereocenters. The first-order chi connectivity index (χ1) is 11.7. The lowest BCUT2D eigenvalue weighted by atomic mass is 9.77. The average molecular weight is 322 g/mol. The van der Waals surface area contributed by atoms with Gasteiger partial charge in [0.05, 0.1) is 6.61 Å². The zero-order chi connectivity index (χ0) is 16.9. The predicted molar refractivity (Wildman–Crippen MR) is 93.6 cm³/mol. The largest absolute Gasteiger partial charge is 0.466 e. The topological polar surface area (TPSA) is 37.6 Å². The van der Waals surface area contributed by atoms with Gasteiger partial charge in [-0.2, -0.15) is 0 Å². The number of hydrogen-bond acceptors (Lipinski definition) is 2. The molecule has 2 aromatic rings. The van der Waals surface area contributed by atoms with Crippen molar-refractivity contribution >= 4 is 11.8 Å². The normalized spacial score (nSPS) is 20.4. The van der Waals surface area contributed by atoms with Crippen LogP contribution in [0.1, 0.15) is 41.7 Å². The van der Waals surface area contributed by atoms with E-state index < -0.39 is 0 Å². The molecule has 2 unspecified atom stereocenters. The maximum Gasteiger partial charge on any atom is 0.304 e. The van der Waals surface area contributed by atoms with Crippen molar-refractivity contribution < 1.29 is 14.0 Å². The van der Waals surface area contributed by atoms with E-state index in [-0.39, 0.29) is 17.8 Å². The zero-order valence-corrected chi connectivity index (χ0v) is 14.1. The Morgan fingerprint density at radius 1 is 1.12 bits per heavy atom. The number of hydrogen-bond donors (Lipinski definition) is 0. The van der Waals surface area contributed by atoms with Crippen molar-refractivity contribution in [3.8, 4) is 0 Å². The summed E-state index contributed by atoms with van der Waals surface area (Å²) in [5.41, 5.74) is 2.19.